The molecule has 2 heterocycles. The normalized spacial score (nSPS) is 10.8. The fourth-order valence-corrected chi connectivity index (χ4v) is 3.56. The van der Waals surface area contributed by atoms with Crippen molar-refractivity contribution >= 4 is 34.3 Å². The number of aromatic amines is 1. The second-order valence-corrected chi connectivity index (χ2v) is 7.74. The number of ether oxygens (including phenoxy) is 1. The van der Waals surface area contributed by atoms with Crippen LogP contribution < -0.4 is 21.0 Å². The molecule has 0 spiro atoms. The molecule has 162 valence electrons. The van der Waals surface area contributed by atoms with Gasteiger partial charge in [-0.25, -0.2) is 4.98 Å². The Hall–Kier alpha value is -3.85. The lowest BCUT2D eigenvalue weighted by molar-refractivity contribution is 0.102. The molecule has 0 aliphatic heterocycles. The first kappa shape index (κ1) is 21.4. The highest BCUT2D eigenvalue weighted by Gasteiger charge is 2.12. The number of thioether (sulfide) groups is 1. The largest absolute Gasteiger partial charge is 0.497 e. The maximum atomic E-state index is 12.5. The number of amides is 1. The highest BCUT2D eigenvalue weighted by Crippen LogP contribution is 2.25. The van der Waals surface area contributed by atoms with Crippen LogP contribution in [-0.2, 0) is 5.75 Å². The highest BCUT2D eigenvalue weighted by molar-refractivity contribution is 7.97. The van der Waals surface area contributed by atoms with Gasteiger partial charge < -0.3 is 19.5 Å². The fraction of sp³-hybridized carbons (Fsp3) is 0.130. The van der Waals surface area contributed by atoms with Crippen LogP contribution in [0.4, 0.5) is 5.69 Å². The van der Waals surface area contributed by atoms with E-state index in [4.69, 9.17) is 9.15 Å². The summed E-state index contributed by atoms with van der Waals surface area (Å²) in [5.41, 5.74) is 1.12. The molecule has 0 fully saturated rings. The summed E-state index contributed by atoms with van der Waals surface area (Å²) in [5.74, 6) is 1.43. The molecule has 0 bridgehead atoms. The Morgan fingerprint density at radius 1 is 1.12 bits per heavy atom. The Bertz CT molecular complexity index is 1410. The predicted octanol–water partition coefficient (Wildman–Crippen LogP) is 3.67. The van der Waals surface area contributed by atoms with E-state index >= 15 is 0 Å². The maximum Gasteiger partial charge on any atom is 0.274 e. The van der Waals surface area contributed by atoms with Gasteiger partial charge in [0.2, 0.25) is 0 Å². The molecule has 0 aliphatic carbocycles. The van der Waals surface area contributed by atoms with Gasteiger partial charge in [-0.15, -0.1) is 0 Å². The SMILES string of the molecule is COc1ccc2oc(-c3ccc(NC(=O)c4cc(=O)[nH]c(CSC)n4)cc3)cc(=O)c2c1. The number of nitrogens with zero attached hydrogens (tertiary/aromatic N) is 1. The Kier molecular flexibility index (Phi) is 6.09. The van der Waals surface area contributed by atoms with Gasteiger partial charge in [0, 0.05) is 23.4 Å². The molecule has 0 radical (unpaired) electrons. The summed E-state index contributed by atoms with van der Waals surface area (Å²) < 4.78 is 11.0. The molecule has 9 heteroatoms. The fourth-order valence-electron chi connectivity index (χ4n) is 3.15. The topological polar surface area (TPSA) is 114 Å². The molecular weight excluding hydrogens is 430 g/mol. The summed E-state index contributed by atoms with van der Waals surface area (Å²) in [6.45, 7) is 0. The number of methoxy groups -OCH3 is 1. The Morgan fingerprint density at radius 2 is 1.91 bits per heavy atom. The van der Waals surface area contributed by atoms with Gasteiger partial charge in [-0.3, -0.25) is 14.4 Å². The first-order chi connectivity index (χ1) is 15.5. The van der Waals surface area contributed by atoms with Crippen molar-refractivity contribution in [2.45, 2.75) is 5.75 Å². The smallest absolute Gasteiger partial charge is 0.274 e. The summed E-state index contributed by atoms with van der Waals surface area (Å²) in [6, 6.07) is 14.4. The van der Waals surface area contributed by atoms with Crippen molar-refractivity contribution in [2.75, 3.05) is 18.7 Å². The number of carbonyl (C=O) groups excluding carboxylic acids is 1. The average molecular weight is 449 g/mol. The Labute approximate surface area is 186 Å². The maximum absolute atomic E-state index is 12.5. The number of H-pyrrole nitrogens is 1. The number of aromatic nitrogens is 2. The molecule has 0 saturated carbocycles. The standard InChI is InChI=1S/C23H19N3O5S/c1-30-15-7-8-19-16(9-15)18(27)11-20(31-19)13-3-5-14(6-4-13)24-23(29)17-10-22(28)26-21(25-17)12-32-2/h3-11H,12H2,1-2H3,(H,24,29)(H,25,26,28). The number of benzene rings is 2. The van der Waals surface area contributed by atoms with Crippen molar-refractivity contribution in [3.05, 3.63) is 86.7 Å². The number of hydrogen-bond donors (Lipinski definition) is 2. The Balaban J connectivity index is 1.56. The van der Waals surface area contributed by atoms with Crippen LogP contribution in [0.1, 0.15) is 16.3 Å². The van der Waals surface area contributed by atoms with Gasteiger partial charge >= 0.3 is 0 Å². The van der Waals surface area contributed by atoms with Crippen LogP contribution >= 0.6 is 11.8 Å². The van der Waals surface area contributed by atoms with Gasteiger partial charge in [0.1, 0.15) is 28.6 Å². The quantitative estimate of drug-likeness (QED) is 0.462. The second kappa shape index (κ2) is 9.11. The number of nitrogens with one attached hydrogen (secondary N) is 2. The molecule has 4 aromatic rings. The van der Waals surface area contributed by atoms with E-state index in [9.17, 15) is 14.4 Å². The van der Waals surface area contributed by atoms with Gasteiger partial charge in [0.05, 0.1) is 18.2 Å². The van der Waals surface area contributed by atoms with Crippen LogP contribution in [-0.4, -0.2) is 29.2 Å². The highest BCUT2D eigenvalue weighted by atomic mass is 32.2. The molecule has 2 N–H and O–H groups in total. The van der Waals surface area contributed by atoms with Crippen molar-refractivity contribution < 1.29 is 13.9 Å². The molecule has 2 aromatic carbocycles. The molecule has 0 atom stereocenters. The molecule has 0 aliphatic rings. The minimum absolute atomic E-state index is 0.0397. The van der Waals surface area contributed by atoms with Crippen LogP contribution in [0.25, 0.3) is 22.3 Å². The number of rotatable bonds is 6. The third-order valence-electron chi connectivity index (χ3n) is 4.67. The van der Waals surface area contributed by atoms with Crippen LogP contribution in [0.3, 0.4) is 0 Å². The molecule has 8 nitrogen and oxygen atoms in total. The number of carbonyl (C=O) groups is 1. The van der Waals surface area contributed by atoms with Crippen LogP contribution in [0.2, 0.25) is 0 Å². The van der Waals surface area contributed by atoms with Gasteiger partial charge in [-0.2, -0.15) is 11.8 Å². The summed E-state index contributed by atoms with van der Waals surface area (Å²) in [4.78, 5) is 43.6. The first-order valence-corrected chi connectivity index (χ1v) is 11.0. The van der Waals surface area contributed by atoms with Gasteiger partial charge in [-0.1, -0.05) is 0 Å². The lowest BCUT2D eigenvalue weighted by atomic mass is 10.1. The lowest BCUT2D eigenvalue weighted by Crippen LogP contribution is -2.20. The Morgan fingerprint density at radius 3 is 2.62 bits per heavy atom. The summed E-state index contributed by atoms with van der Waals surface area (Å²) in [7, 11) is 1.53. The van der Waals surface area contributed by atoms with Crippen LogP contribution in [0.5, 0.6) is 5.75 Å². The molecule has 1 amide bonds. The third-order valence-corrected chi connectivity index (χ3v) is 5.23. The van der Waals surface area contributed by atoms with E-state index in [-0.39, 0.29) is 16.7 Å². The second-order valence-electron chi connectivity index (χ2n) is 6.88. The van der Waals surface area contributed by atoms with Crippen molar-refractivity contribution in [3.8, 4) is 17.1 Å². The monoisotopic (exact) mass is 449 g/mol. The average Bonchev–Trinajstić information content (AvgIpc) is 2.79. The zero-order chi connectivity index (χ0) is 22.7. The van der Waals surface area contributed by atoms with E-state index in [1.165, 1.54) is 24.9 Å². The lowest BCUT2D eigenvalue weighted by Gasteiger charge is -2.08. The van der Waals surface area contributed by atoms with Gasteiger partial charge in [0.15, 0.2) is 5.43 Å². The van der Waals surface area contributed by atoms with Gasteiger partial charge in [0.25, 0.3) is 11.5 Å². The number of fused-ring (bicyclic) bond motifs is 1. The van der Waals surface area contributed by atoms with E-state index in [0.717, 1.165) is 6.07 Å². The van der Waals surface area contributed by atoms with Crippen molar-refractivity contribution in [2.24, 2.45) is 0 Å². The minimum Gasteiger partial charge on any atom is -0.497 e. The van der Waals surface area contributed by atoms with Crippen molar-refractivity contribution in [1.29, 1.82) is 0 Å². The predicted molar refractivity (Wildman–Crippen MR) is 125 cm³/mol. The molecule has 2 aromatic heterocycles. The van der Waals surface area contributed by atoms with E-state index < -0.39 is 5.91 Å². The number of hydrogen-bond acceptors (Lipinski definition) is 7. The van der Waals surface area contributed by atoms with Gasteiger partial charge in [-0.05, 0) is 48.7 Å². The summed E-state index contributed by atoms with van der Waals surface area (Å²) in [5, 5.41) is 3.15. The third kappa shape index (κ3) is 4.57. The van der Waals surface area contributed by atoms with Crippen LogP contribution in [0, 0.1) is 0 Å². The minimum atomic E-state index is -0.489. The van der Waals surface area contributed by atoms with Crippen molar-refractivity contribution in [1.82, 2.24) is 9.97 Å². The van der Waals surface area contributed by atoms with Crippen molar-refractivity contribution in [3.63, 3.8) is 0 Å². The molecular formula is C23H19N3O5S. The van der Waals surface area contributed by atoms with E-state index in [1.807, 2.05) is 6.26 Å². The number of anilines is 1. The van der Waals surface area contributed by atoms with E-state index in [1.54, 1.807) is 42.5 Å². The molecule has 4 rings (SSSR count). The van der Waals surface area contributed by atoms with E-state index in [0.29, 0.717) is 45.3 Å². The molecule has 32 heavy (non-hydrogen) atoms. The summed E-state index contributed by atoms with van der Waals surface area (Å²) >= 11 is 1.49. The van der Waals surface area contributed by atoms with Crippen LogP contribution in [0.15, 0.2) is 68.6 Å². The zero-order valence-electron chi connectivity index (χ0n) is 17.3. The molecule has 0 saturated heterocycles. The first-order valence-electron chi connectivity index (χ1n) is 9.59. The zero-order valence-corrected chi connectivity index (χ0v) is 18.1. The summed E-state index contributed by atoms with van der Waals surface area (Å²) in [6.07, 6.45) is 1.88. The van der Waals surface area contributed by atoms with E-state index in [2.05, 4.69) is 15.3 Å². The molecule has 0 unspecified atom stereocenters.